The standard InChI is InChI=1S/C17H24F3N3O2/c1-16(2,10-9-14(24)21-3)22-15(25)23(4)11-12-5-7-13(8-6-12)17(18,19)20/h5-8H,9-11H2,1-4H3,(H,21,24)(H,22,25). The quantitative estimate of drug-likeness (QED) is 0.820. The molecule has 0 unspecified atom stereocenters. The van der Waals surface area contributed by atoms with E-state index in [1.807, 2.05) is 0 Å². The fraction of sp³-hybridized carbons (Fsp3) is 0.529. The molecular formula is C17H24F3N3O2. The number of carbonyl (C=O) groups is 2. The molecule has 140 valence electrons. The van der Waals surface area contributed by atoms with Gasteiger partial charge in [0.1, 0.15) is 0 Å². The number of nitrogens with zero attached hydrogens (tertiary/aromatic N) is 1. The molecule has 0 radical (unpaired) electrons. The average Bonchev–Trinajstić information content (AvgIpc) is 2.51. The zero-order chi connectivity index (χ0) is 19.3. The van der Waals surface area contributed by atoms with Crippen LogP contribution >= 0.6 is 0 Å². The highest BCUT2D eigenvalue weighted by Crippen LogP contribution is 2.29. The lowest BCUT2D eigenvalue weighted by Gasteiger charge is -2.29. The topological polar surface area (TPSA) is 61.4 Å². The summed E-state index contributed by atoms with van der Waals surface area (Å²) in [5.41, 5.74) is -0.717. The maximum Gasteiger partial charge on any atom is 0.416 e. The maximum atomic E-state index is 12.5. The number of hydrogen-bond donors (Lipinski definition) is 2. The number of nitrogens with one attached hydrogen (secondary N) is 2. The third-order valence-corrected chi connectivity index (χ3v) is 3.75. The third-order valence-electron chi connectivity index (χ3n) is 3.75. The fourth-order valence-corrected chi connectivity index (χ4v) is 2.14. The van der Waals surface area contributed by atoms with Crippen molar-refractivity contribution in [2.24, 2.45) is 0 Å². The number of alkyl halides is 3. The molecule has 0 saturated carbocycles. The van der Waals surface area contributed by atoms with E-state index in [9.17, 15) is 22.8 Å². The maximum absolute atomic E-state index is 12.5. The lowest BCUT2D eigenvalue weighted by atomic mass is 9.98. The number of urea groups is 1. The number of amides is 3. The van der Waals surface area contributed by atoms with Crippen LogP contribution in [0.25, 0.3) is 0 Å². The average molecular weight is 359 g/mol. The molecule has 1 aromatic rings. The molecule has 1 aromatic carbocycles. The minimum absolute atomic E-state index is 0.111. The lowest BCUT2D eigenvalue weighted by molar-refractivity contribution is -0.137. The summed E-state index contributed by atoms with van der Waals surface area (Å²) in [5.74, 6) is -0.111. The van der Waals surface area contributed by atoms with Crippen LogP contribution in [0.1, 0.15) is 37.8 Å². The fourth-order valence-electron chi connectivity index (χ4n) is 2.14. The van der Waals surface area contributed by atoms with Gasteiger partial charge in [0.25, 0.3) is 0 Å². The van der Waals surface area contributed by atoms with Crippen molar-refractivity contribution in [1.82, 2.24) is 15.5 Å². The van der Waals surface area contributed by atoms with E-state index in [1.54, 1.807) is 27.9 Å². The number of benzene rings is 1. The molecule has 25 heavy (non-hydrogen) atoms. The Labute approximate surface area is 145 Å². The van der Waals surface area contributed by atoms with Crippen LogP contribution in [0.2, 0.25) is 0 Å². The van der Waals surface area contributed by atoms with Gasteiger partial charge in [-0.3, -0.25) is 4.79 Å². The molecule has 3 amide bonds. The second-order valence-corrected chi connectivity index (χ2v) is 6.54. The van der Waals surface area contributed by atoms with Crippen LogP contribution < -0.4 is 10.6 Å². The number of rotatable bonds is 6. The van der Waals surface area contributed by atoms with Gasteiger partial charge in [-0.25, -0.2) is 4.79 Å². The van der Waals surface area contributed by atoms with Crippen LogP contribution in [0.5, 0.6) is 0 Å². The van der Waals surface area contributed by atoms with Gasteiger partial charge >= 0.3 is 12.2 Å². The smallest absolute Gasteiger partial charge is 0.359 e. The van der Waals surface area contributed by atoms with Gasteiger partial charge in [0.15, 0.2) is 0 Å². The van der Waals surface area contributed by atoms with Crippen molar-refractivity contribution in [3.63, 3.8) is 0 Å². The molecule has 1 rings (SSSR count). The van der Waals surface area contributed by atoms with Crippen LogP contribution in [-0.4, -0.2) is 36.5 Å². The monoisotopic (exact) mass is 359 g/mol. The van der Waals surface area contributed by atoms with Crippen molar-refractivity contribution in [2.45, 2.75) is 44.9 Å². The van der Waals surface area contributed by atoms with Crippen LogP contribution in [0, 0.1) is 0 Å². The summed E-state index contributed by atoms with van der Waals surface area (Å²) in [6, 6.07) is 4.33. The second-order valence-electron chi connectivity index (χ2n) is 6.54. The van der Waals surface area contributed by atoms with Crippen molar-refractivity contribution in [3.05, 3.63) is 35.4 Å². The van der Waals surface area contributed by atoms with Crippen LogP contribution in [0.3, 0.4) is 0 Å². The largest absolute Gasteiger partial charge is 0.416 e. The molecule has 8 heteroatoms. The number of carbonyl (C=O) groups excluding carboxylic acids is 2. The molecular weight excluding hydrogens is 335 g/mol. The van der Waals surface area contributed by atoms with Crippen molar-refractivity contribution in [2.75, 3.05) is 14.1 Å². The molecule has 2 N–H and O–H groups in total. The van der Waals surface area contributed by atoms with Gasteiger partial charge < -0.3 is 15.5 Å². The molecule has 0 aliphatic carbocycles. The minimum Gasteiger partial charge on any atom is -0.359 e. The van der Waals surface area contributed by atoms with Gasteiger partial charge in [0.2, 0.25) is 5.91 Å². The van der Waals surface area contributed by atoms with Crippen LogP contribution in [-0.2, 0) is 17.5 Å². The van der Waals surface area contributed by atoms with E-state index in [4.69, 9.17) is 0 Å². The molecule has 0 aromatic heterocycles. The normalized spacial score (nSPS) is 11.8. The van der Waals surface area contributed by atoms with Crippen molar-refractivity contribution < 1.29 is 22.8 Å². The van der Waals surface area contributed by atoms with Gasteiger partial charge in [-0.15, -0.1) is 0 Å². The highest BCUT2D eigenvalue weighted by molar-refractivity contribution is 5.76. The third kappa shape index (κ3) is 7.03. The Morgan fingerprint density at radius 2 is 1.68 bits per heavy atom. The van der Waals surface area contributed by atoms with E-state index in [1.165, 1.54) is 17.0 Å². The molecule has 0 aliphatic heterocycles. The lowest BCUT2D eigenvalue weighted by Crippen LogP contribution is -2.49. The Kier molecular flexibility index (Phi) is 6.84. The highest BCUT2D eigenvalue weighted by atomic mass is 19.4. The Hall–Kier alpha value is -2.25. The van der Waals surface area contributed by atoms with E-state index in [-0.39, 0.29) is 24.9 Å². The zero-order valence-electron chi connectivity index (χ0n) is 14.8. The summed E-state index contributed by atoms with van der Waals surface area (Å²) in [5, 5.41) is 5.34. The molecule has 0 atom stereocenters. The van der Waals surface area contributed by atoms with Crippen molar-refractivity contribution in [1.29, 1.82) is 0 Å². The Morgan fingerprint density at radius 3 is 2.16 bits per heavy atom. The Balaban J connectivity index is 2.60. The summed E-state index contributed by atoms with van der Waals surface area (Å²) in [6.45, 7) is 3.79. The van der Waals surface area contributed by atoms with Gasteiger partial charge in [-0.05, 0) is 38.0 Å². The number of hydrogen-bond acceptors (Lipinski definition) is 2. The van der Waals surface area contributed by atoms with E-state index in [0.717, 1.165) is 12.1 Å². The Bertz CT molecular complexity index is 598. The summed E-state index contributed by atoms with van der Waals surface area (Å²) in [6.07, 6.45) is -3.63. The Morgan fingerprint density at radius 1 is 1.12 bits per heavy atom. The van der Waals surface area contributed by atoms with Crippen molar-refractivity contribution >= 4 is 11.9 Å². The van der Waals surface area contributed by atoms with Gasteiger partial charge in [0, 0.05) is 32.6 Å². The minimum atomic E-state index is -4.38. The highest BCUT2D eigenvalue weighted by Gasteiger charge is 2.30. The first-order valence-corrected chi connectivity index (χ1v) is 7.84. The van der Waals surface area contributed by atoms with Crippen LogP contribution in [0.4, 0.5) is 18.0 Å². The first-order chi connectivity index (χ1) is 11.4. The van der Waals surface area contributed by atoms with E-state index >= 15 is 0 Å². The molecule has 0 spiro atoms. The predicted molar refractivity (Wildman–Crippen MR) is 88.8 cm³/mol. The molecule has 0 fully saturated rings. The summed E-state index contributed by atoms with van der Waals surface area (Å²) >= 11 is 0. The van der Waals surface area contributed by atoms with E-state index < -0.39 is 17.3 Å². The first-order valence-electron chi connectivity index (χ1n) is 7.84. The summed E-state index contributed by atoms with van der Waals surface area (Å²) in [4.78, 5) is 24.9. The van der Waals surface area contributed by atoms with Gasteiger partial charge in [-0.2, -0.15) is 13.2 Å². The van der Waals surface area contributed by atoms with Gasteiger partial charge in [0.05, 0.1) is 5.56 Å². The molecule has 0 heterocycles. The zero-order valence-corrected chi connectivity index (χ0v) is 14.8. The molecule has 0 aliphatic rings. The second kappa shape index (κ2) is 8.22. The predicted octanol–water partition coefficient (Wildman–Crippen LogP) is 3.15. The molecule has 5 nitrogen and oxygen atoms in total. The van der Waals surface area contributed by atoms with E-state index in [2.05, 4.69) is 10.6 Å². The summed E-state index contributed by atoms with van der Waals surface area (Å²) < 4.78 is 37.6. The summed E-state index contributed by atoms with van der Waals surface area (Å²) in [7, 11) is 3.10. The number of halogens is 3. The van der Waals surface area contributed by atoms with Crippen LogP contribution in [0.15, 0.2) is 24.3 Å². The molecule has 0 saturated heterocycles. The SMILES string of the molecule is CNC(=O)CCC(C)(C)NC(=O)N(C)Cc1ccc(C(F)(F)F)cc1. The van der Waals surface area contributed by atoms with Gasteiger partial charge in [-0.1, -0.05) is 12.1 Å². The molecule has 0 bridgehead atoms. The van der Waals surface area contributed by atoms with E-state index in [0.29, 0.717) is 12.0 Å². The van der Waals surface area contributed by atoms with Crippen molar-refractivity contribution in [3.8, 4) is 0 Å². The first kappa shape index (κ1) is 20.8.